The third-order valence-corrected chi connectivity index (χ3v) is 10.3. The van der Waals surface area contributed by atoms with Gasteiger partial charge in [0.1, 0.15) is 5.82 Å². The Hall–Kier alpha value is -0.880. The molecule has 4 rings (SSSR count). The number of aryl methyl sites for hydroxylation is 1. The summed E-state index contributed by atoms with van der Waals surface area (Å²) in [4.78, 5) is 0. The molecule has 0 amide bonds. The van der Waals surface area contributed by atoms with Crippen LogP contribution in [0.2, 0.25) is 15.1 Å². The lowest BCUT2D eigenvalue weighted by atomic mass is 9.99. The van der Waals surface area contributed by atoms with Crippen LogP contribution in [0.5, 0.6) is 0 Å². The second kappa shape index (κ2) is 23.6. The summed E-state index contributed by atoms with van der Waals surface area (Å²) in [5.74, 6) is 2.32. The average molecular weight is 909 g/mol. The van der Waals surface area contributed by atoms with E-state index in [1.807, 2.05) is 54.6 Å². The predicted molar refractivity (Wildman–Crippen MR) is 223 cm³/mol. The molecule has 0 saturated heterocycles. The van der Waals surface area contributed by atoms with E-state index in [-0.39, 0.29) is 5.82 Å². The van der Waals surface area contributed by atoms with Crippen molar-refractivity contribution in [1.29, 1.82) is 0 Å². The maximum Gasteiger partial charge on any atom is 0.127 e. The Kier molecular flexibility index (Phi) is 22.2. The molecule has 0 radical (unpaired) electrons. The second-order valence-corrected chi connectivity index (χ2v) is 17.3. The van der Waals surface area contributed by atoms with E-state index in [9.17, 15) is 4.39 Å². The summed E-state index contributed by atoms with van der Waals surface area (Å²) in [5, 5.41) is 2.62. The number of rotatable bonds is 8. The van der Waals surface area contributed by atoms with Crippen LogP contribution in [0.4, 0.5) is 4.39 Å². The van der Waals surface area contributed by atoms with Crippen molar-refractivity contribution in [2.24, 2.45) is 23.7 Å². The Bertz CT molecular complexity index is 1220. The van der Waals surface area contributed by atoms with Gasteiger partial charge in [-0.1, -0.05) is 168 Å². The highest BCUT2D eigenvalue weighted by Crippen LogP contribution is 2.28. The standard InChI is InChI=1S/C11H15Cl.2C10H12BrCl.C10H12BrF/c1-8(2)7-10-9(3)5-4-6-11(10)12;3*1-7(2)6-8-9(11)4-3-5-10(8)12/h4-6,8H,7H2,1-3H3;3*3-5,7H,6H2,1-2H3. The molecular formula is C41H51Br3Cl3F. The zero-order valence-corrected chi connectivity index (χ0v) is 36.7. The fourth-order valence-corrected chi connectivity index (χ4v) is 7.33. The maximum atomic E-state index is 13.2. The first-order chi connectivity index (χ1) is 22.4. The van der Waals surface area contributed by atoms with Gasteiger partial charge in [-0.15, -0.1) is 0 Å². The minimum absolute atomic E-state index is 0.113. The van der Waals surface area contributed by atoms with Crippen molar-refractivity contribution >= 4 is 82.6 Å². The van der Waals surface area contributed by atoms with Crippen molar-refractivity contribution < 1.29 is 4.39 Å². The van der Waals surface area contributed by atoms with E-state index in [1.54, 1.807) is 6.07 Å². The molecule has 0 saturated carbocycles. The number of halogens is 7. The SMILES string of the molecule is CC(C)Cc1c(Cl)cccc1Br.CC(C)Cc1c(Cl)cccc1Br.CC(C)Cc1c(F)cccc1Br.Cc1cccc(Cl)c1CC(C)C. The van der Waals surface area contributed by atoms with Crippen molar-refractivity contribution in [3.63, 3.8) is 0 Å². The molecule has 0 unspecified atom stereocenters. The van der Waals surface area contributed by atoms with Gasteiger partial charge in [-0.3, -0.25) is 0 Å². The Morgan fingerprint density at radius 2 is 0.750 bits per heavy atom. The van der Waals surface area contributed by atoms with Crippen molar-refractivity contribution in [3.05, 3.63) is 135 Å². The average Bonchev–Trinajstić information content (AvgIpc) is 2.98. The van der Waals surface area contributed by atoms with Crippen molar-refractivity contribution in [2.45, 2.75) is 88.0 Å². The molecule has 0 aliphatic heterocycles. The van der Waals surface area contributed by atoms with E-state index >= 15 is 0 Å². The third-order valence-electron chi connectivity index (χ3n) is 6.99. The van der Waals surface area contributed by atoms with Crippen LogP contribution in [0.25, 0.3) is 0 Å². The minimum atomic E-state index is -0.113. The molecule has 0 aliphatic rings. The molecule has 0 heterocycles. The molecular weight excluding hydrogens is 858 g/mol. The van der Waals surface area contributed by atoms with Crippen LogP contribution in [-0.2, 0) is 25.7 Å². The van der Waals surface area contributed by atoms with E-state index < -0.39 is 0 Å². The molecule has 0 nitrogen and oxygen atoms in total. The molecule has 0 N–H and O–H groups in total. The molecule has 0 fully saturated rings. The smallest absolute Gasteiger partial charge is 0.127 e. The number of hydrogen-bond donors (Lipinski definition) is 0. The highest BCUT2D eigenvalue weighted by molar-refractivity contribution is 9.11. The van der Waals surface area contributed by atoms with Gasteiger partial charge in [-0.2, -0.15) is 0 Å². The Labute approximate surface area is 331 Å². The maximum absolute atomic E-state index is 13.2. The molecule has 4 aromatic carbocycles. The van der Waals surface area contributed by atoms with Crippen LogP contribution in [0.3, 0.4) is 0 Å². The lowest BCUT2D eigenvalue weighted by molar-refractivity contribution is 0.572. The zero-order chi connectivity index (χ0) is 36.6. The highest BCUT2D eigenvalue weighted by atomic mass is 79.9. The first-order valence-electron chi connectivity index (χ1n) is 16.5. The molecule has 48 heavy (non-hydrogen) atoms. The summed E-state index contributed by atoms with van der Waals surface area (Å²) in [5.41, 5.74) is 5.82. The number of hydrogen-bond acceptors (Lipinski definition) is 0. The molecule has 264 valence electrons. The molecule has 0 atom stereocenters. The summed E-state index contributed by atoms with van der Waals surface area (Å²) in [6, 6.07) is 23.0. The van der Waals surface area contributed by atoms with Crippen LogP contribution < -0.4 is 0 Å². The predicted octanol–water partition coefficient (Wildman–Crippen LogP) is 16.2. The van der Waals surface area contributed by atoms with Crippen molar-refractivity contribution in [3.8, 4) is 0 Å². The van der Waals surface area contributed by atoms with Crippen LogP contribution >= 0.6 is 82.6 Å². The van der Waals surface area contributed by atoms with E-state index in [4.69, 9.17) is 34.8 Å². The Morgan fingerprint density at radius 3 is 1.08 bits per heavy atom. The molecule has 0 aliphatic carbocycles. The molecule has 0 aromatic heterocycles. The van der Waals surface area contributed by atoms with E-state index in [0.717, 1.165) is 59.7 Å². The third kappa shape index (κ3) is 17.4. The minimum Gasteiger partial charge on any atom is -0.207 e. The molecule has 4 aromatic rings. The Morgan fingerprint density at radius 1 is 0.458 bits per heavy atom. The largest absolute Gasteiger partial charge is 0.207 e. The summed E-state index contributed by atoms with van der Waals surface area (Å²) in [6.45, 7) is 19.5. The van der Waals surface area contributed by atoms with Gasteiger partial charge in [-0.25, -0.2) is 4.39 Å². The first kappa shape index (κ1) is 45.1. The van der Waals surface area contributed by atoms with Crippen LogP contribution in [0, 0.1) is 36.4 Å². The van der Waals surface area contributed by atoms with Gasteiger partial charge < -0.3 is 0 Å². The zero-order valence-electron chi connectivity index (χ0n) is 29.7. The van der Waals surface area contributed by atoms with Gasteiger partial charge in [0.2, 0.25) is 0 Å². The summed E-state index contributed by atoms with van der Waals surface area (Å²) in [6.07, 6.45) is 3.92. The van der Waals surface area contributed by atoms with Crippen molar-refractivity contribution in [1.82, 2.24) is 0 Å². The summed E-state index contributed by atoms with van der Waals surface area (Å²) >= 11 is 28.5. The first-order valence-corrected chi connectivity index (χ1v) is 20.0. The lowest BCUT2D eigenvalue weighted by Gasteiger charge is -2.09. The monoisotopic (exact) mass is 904 g/mol. The van der Waals surface area contributed by atoms with E-state index in [1.165, 1.54) is 28.3 Å². The fourth-order valence-electron chi connectivity index (χ4n) is 4.74. The summed E-state index contributed by atoms with van der Waals surface area (Å²) < 4.78 is 16.3. The van der Waals surface area contributed by atoms with Gasteiger partial charge in [0.05, 0.1) is 0 Å². The van der Waals surface area contributed by atoms with Gasteiger partial charge in [-0.05, 0) is 121 Å². The normalized spacial score (nSPS) is 10.8. The highest BCUT2D eigenvalue weighted by Gasteiger charge is 2.09. The molecule has 7 heteroatoms. The number of benzene rings is 4. The van der Waals surface area contributed by atoms with E-state index in [0.29, 0.717) is 23.7 Å². The van der Waals surface area contributed by atoms with Crippen LogP contribution in [-0.4, -0.2) is 0 Å². The second-order valence-electron chi connectivity index (χ2n) is 13.5. The van der Waals surface area contributed by atoms with Crippen molar-refractivity contribution in [2.75, 3.05) is 0 Å². The molecule has 0 spiro atoms. The topological polar surface area (TPSA) is 0 Å². The Balaban J connectivity index is 0.000000320. The van der Waals surface area contributed by atoms with Gasteiger partial charge in [0.15, 0.2) is 0 Å². The fraction of sp³-hybridized carbons (Fsp3) is 0.415. The van der Waals surface area contributed by atoms with E-state index in [2.05, 4.69) is 116 Å². The van der Waals surface area contributed by atoms with Gasteiger partial charge in [0.25, 0.3) is 0 Å². The summed E-state index contributed by atoms with van der Waals surface area (Å²) in [7, 11) is 0. The van der Waals surface area contributed by atoms with Crippen LogP contribution in [0.15, 0.2) is 86.2 Å². The van der Waals surface area contributed by atoms with Crippen LogP contribution in [0.1, 0.15) is 83.2 Å². The van der Waals surface area contributed by atoms with Gasteiger partial charge in [0, 0.05) is 34.0 Å². The molecule has 0 bridgehead atoms. The lowest BCUT2D eigenvalue weighted by Crippen LogP contribution is -1.98. The van der Waals surface area contributed by atoms with Gasteiger partial charge >= 0.3 is 0 Å². The quantitative estimate of drug-likeness (QED) is 0.165.